The molecule has 0 aliphatic heterocycles. The lowest BCUT2D eigenvalue weighted by atomic mass is 10.1. The van der Waals surface area contributed by atoms with Crippen LogP contribution in [0.3, 0.4) is 0 Å². The summed E-state index contributed by atoms with van der Waals surface area (Å²) in [5.41, 5.74) is -1.14. The predicted octanol–water partition coefficient (Wildman–Crippen LogP) is 2.50. The summed E-state index contributed by atoms with van der Waals surface area (Å²) in [6.45, 7) is 0.0809. The molecule has 0 saturated heterocycles. The number of imidazole rings is 1. The third-order valence-corrected chi connectivity index (χ3v) is 2.53. The highest BCUT2D eigenvalue weighted by molar-refractivity contribution is 5.94. The van der Waals surface area contributed by atoms with Crippen LogP contribution in [0.15, 0.2) is 30.7 Å². The largest absolute Gasteiger partial charge is 0.419 e. The quantitative estimate of drug-likeness (QED) is 0.852. The van der Waals surface area contributed by atoms with Crippen LogP contribution in [0.1, 0.15) is 21.6 Å². The summed E-state index contributed by atoms with van der Waals surface area (Å²) in [7, 11) is 0. The molecule has 0 radical (unpaired) electrons. The molecule has 0 fully saturated rings. The first-order chi connectivity index (χ1) is 9.38. The van der Waals surface area contributed by atoms with Crippen LogP contribution in [0.25, 0.3) is 0 Å². The van der Waals surface area contributed by atoms with Gasteiger partial charge in [-0.25, -0.2) is 9.37 Å². The standard InChI is InChI=1S/C12H9F4N3O/c13-10-2-1-7(3-9(10)12(14,15)16)11(20)18-5-8-4-17-6-19-8/h1-4,6H,5H2,(H,17,19)(H,18,20). The van der Waals surface area contributed by atoms with Gasteiger partial charge in [-0.1, -0.05) is 0 Å². The Morgan fingerprint density at radius 3 is 2.70 bits per heavy atom. The Morgan fingerprint density at radius 2 is 2.10 bits per heavy atom. The molecule has 0 bridgehead atoms. The van der Waals surface area contributed by atoms with Crippen molar-refractivity contribution in [3.63, 3.8) is 0 Å². The summed E-state index contributed by atoms with van der Waals surface area (Å²) in [6.07, 6.45) is -1.98. The van der Waals surface area contributed by atoms with Crippen molar-refractivity contribution in [2.45, 2.75) is 12.7 Å². The van der Waals surface area contributed by atoms with Crippen LogP contribution in [0.2, 0.25) is 0 Å². The summed E-state index contributed by atoms with van der Waals surface area (Å²) >= 11 is 0. The average Bonchev–Trinajstić information content (AvgIpc) is 2.88. The number of aromatic nitrogens is 2. The average molecular weight is 287 g/mol. The number of nitrogens with zero attached hydrogens (tertiary/aromatic N) is 1. The zero-order valence-corrected chi connectivity index (χ0v) is 9.96. The maximum atomic E-state index is 13.1. The Bertz CT molecular complexity index is 608. The first kappa shape index (κ1) is 14.0. The lowest BCUT2D eigenvalue weighted by molar-refractivity contribution is -0.140. The van der Waals surface area contributed by atoms with Crippen molar-refractivity contribution in [1.82, 2.24) is 15.3 Å². The highest BCUT2D eigenvalue weighted by atomic mass is 19.4. The summed E-state index contributed by atoms with van der Waals surface area (Å²) in [6, 6.07) is 2.10. The molecule has 0 aliphatic carbocycles. The monoisotopic (exact) mass is 287 g/mol. The fourth-order valence-electron chi connectivity index (χ4n) is 1.54. The Balaban J connectivity index is 2.14. The number of hydrogen-bond acceptors (Lipinski definition) is 2. The summed E-state index contributed by atoms with van der Waals surface area (Å²) in [5, 5.41) is 2.40. The lowest BCUT2D eigenvalue weighted by Gasteiger charge is -2.10. The number of benzene rings is 1. The molecule has 4 nitrogen and oxygen atoms in total. The zero-order valence-electron chi connectivity index (χ0n) is 9.96. The molecule has 2 aromatic rings. The van der Waals surface area contributed by atoms with Crippen LogP contribution in [-0.4, -0.2) is 15.9 Å². The molecule has 1 amide bonds. The van der Waals surface area contributed by atoms with Gasteiger partial charge in [0.15, 0.2) is 0 Å². The molecule has 2 N–H and O–H groups in total. The molecular formula is C12H9F4N3O. The van der Waals surface area contributed by atoms with Crippen molar-refractivity contribution in [3.8, 4) is 0 Å². The fourth-order valence-corrected chi connectivity index (χ4v) is 1.54. The first-order valence-corrected chi connectivity index (χ1v) is 5.50. The molecule has 2 rings (SSSR count). The minimum absolute atomic E-state index is 0.0809. The smallest absolute Gasteiger partial charge is 0.347 e. The first-order valence-electron chi connectivity index (χ1n) is 5.50. The summed E-state index contributed by atoms with van der Waals surface area (Å²) < 4.78 is 50.6. The lowest BCUT2D eigenvalue weighted by Crippen LogP contribution is -2.23. The molecule has 0 spiro atoms. The van der Waals surface area contributed by atoms with Gasteiger partial charge in [0.05, 0.1) is 24.1 Å². The molecule has 1 heterocycles. The summed E-state index contributed by atoms with van der Waals surface area (Å²) in [5.74, 6) is -2.15. The topological polar surface area (TPSA) is 57.8 Å². The van der Waals surface area contributed by atoms with Gasteiger partial charge < -0.3 is 10.3 Å². The van der Waals surface area contributed by atoms with Gasteiger partial charge in [0.2, 0.25) is 0 Å². The molecule has 0 saturated carbocycles. The second-order valence-electron chi connectivity index (χ2n) is 3.95. The number of nitrogens with one attached hydrogen (secondary N) is 2. The van der Waals surface area contributed by atoms with Gasteiger partial charge in [-0.3, -0.25) is 4.79 Å². The second-order valence-corrected chi connectivity index (χ2v) is 3.95. The van der Waals surface area contributed by atoms with E-state index in [1.807, 2.05) is 0 Å². The summed E-state index contributed by atoms with van der Waals surface area (Å²) in [4.78, 5) is 18.1. The molecule has 1 aromatic heterocycles. The molecule has 8 heteroatoms. The van der Waals surface area contributed by atoms with E-state index in [4.69, 9.17) is 0 Å². The predicted molar refractivity (Wildman–Crippen MR) is 61.2 cm³/mol. The van der Waals surface area contributed by atoms with Gasteiger partial charge in [-0.2, -0.15) is 13.2 Å². The van der Waals surface area contributed by atoms with E-state index in [1.54, 1.807) is 0 Å². The number of hydrogen-bond donors (Lipinski definition) is 2. The molecule has 20 heavy (non-hydrogen) atoms. The normalized spacial score (nSPS) is 11.4. The van der Waals surface area contributed by atoms with E-state index in [2.05, 4.69) is 15.3 Å². The molecule has 1 aromatic carbocycles. The number of rotatable bonds is 3. The molecular weight excluding hydrogens is 278 g/mol. The number of halogens is 4. The van der Waals surface area contributed by atoms with E-state index in [0.29, 0.717) is 17.8 Å². The zero-order chi connectivity index (χ0) is 14.8. The van der Waals surface area contributed by atoms with Crippen LogP contribution < -0.4 is 5.32 Å². The van der Waals surface area contributed by atoms with Crippen LogP contribution in [-0.2, 0) is 12.7 Å². The maximum Gasteiger partial charge on any atom is 0.419 e. The third-order valence-electron chi connectivity index (χ3n) is 2.53. The van der Waals surface area contributed by atoms with Gasteiger partial charge >= 0.3 is 6.18 Å². The van der Waals surface area contributed by atoms with Gasteiger partial charge in [0, 0.05) is 11.8 Å². The number of amides is 1. The van der Waals surface area contributed by atoms with Gasteiger partial charge in [0.25, 0.3) is 5.91 Å². The minimum Gasteiger partial charge on any atom is -0.347 e. The number of carbonyl (C=O) groups excluding carboxylic acids is 1. The third kappa shape index (κ3) is 3.14. The highest BCUT2D eigenvalue weighted by Crippen LogP contribution is 2.31. The minimum atomic E-state index is -4.84. The van der Waals surface area contributed by atoms with E-state index < -0.39 is 23.5 Å². The van der Waals surface area contributed by atoms with Crippen molar-refractivity contribution >= 4 is 5.91 Å². The maximum absolute atomic E-state index is 13.1. The fraction of sp³-hybridized carbons (Fsp3) is 0.167. The van der Waals surface area contributed by atoms with E-state index >= 15 is 0 Å². The Morgan fingerprint density at radius 1 is 1.35 bits per heavy atom. The van der Waals surface area contributed by atoms with Crippen molar-refractivity contribution in [3.05, 3.63) is 53.4 Å². The van der Waals surface area contributed by atoms with Crippen molar-refractivity contribution < 1.29 is 22.4 Å². The number of aromatic amines is 1. The number of carbonyl (C=O) groups is 1. The molecule has 0 aliphatic rings. The van der Waals surface area contributed by atoms with Crippen LogP contribution in [0.4, 0.5) is 17.6 Å². The number of H-pyrrole nitrogens is 1. The van der Waals surface area contributed by atoms with E-state index in [0.717, 1.165) is 6.07 Å². The number of alkyl halides is 3. The van der Waals surface area contributed by atoms with Gasteiger partial charge in [0.1, 0.15) is 5.82 Å². The van der Waals surface area contributed by atoms with Crippen molar-refractivity contribution in [2.75, 3.05) is 0 Å². The van der Waals surface area contributed by atoms with Gasteiger partial charge in [-0.05, 0) is 18.2 Å². The highest BCUT2D eigenvalue weighted by Gasteiger charge is 2.34. The Hall–Kier alpha value is -2.38. The molecule has 0 unspecified atom stereocenters. The van der Waals surface area contributed by atoms with Crippen LogP contribution in [0.5, 0.6) is 0 Å². The van der Waals surface area contributed by atoms with Crippen molar-refractivity contribution in [1.29, 1.82) is 0 Å². The van der Waals surface area contributed by atoms with Crippen molar-refractivity contribution in [2.24, 2.45) is 0 Å². The van der Waals surface area contributed by atoms with Gasteiger partial charge in [-0.15, -0.1) is 0 Å². The molecule has 0 atom stereocenters. The van der Waals surface area contributed by atoms with E-state index in [1.165, 1.54) is 12.5 Å². The van der Waals surface area contributed by atoms with Crippen LogP contribution in [0, 0.1) is 5.82 Å². The van der Waals surface area contributed by atoms with E-state index in [9.17, 15) is 22.4 Å². The second kappa shape index (κ2) is 5.32. The Kier molecular flexibility index (Phi) is 3.73. The van der Waals surface area contributed by atoms with Crippen LogP contribution >= 0.6 is 0 Å². The Labute approximate surface area is 110 Å². The SMILES string of the molecule is O=C(NCc1cnc[nH]1)c1ccc(F)c(C(F)(F)F)c1. The molecule has 106 valence electrons. The van der Waals surface area contributed by atoms with E-state index in [-0.39, 0.29) is 12.1 Å².